The maximum atomic E-state index is 9.43. The van der Waals surface area contributed by atoms with Gasteiger partial charge in [0.05, 0.1) is 46.4 Å². The summed E-state index contributed by atoms with van der Waals surface area (Å²) in [6, 6.07) is 10.6. The van der Waals surface area contributed by atoms with Crippen LogP contribution in [0, 0.1) is 78.8 Å². The molecule has 0 spiro atoms. The summed E-state index contributed by atoms with van der Waals surface area (Å²) in [5, 5.41) is 55.1. The molecule has 0 radical (unpaired) electrons. The van der Waals surface area contributed by atoms with Crippen LogP contribution in [0.5, 0.6) is 0 Å². The van der Waals surface area contributed by atoms with Gasteiger partial charge in [0.15, 0.2) is 0 Å². The van der Waals surface area contributed by atoms with Crippen molar-refractivity contribution in [2.45, 2.75) is 27.7 Å². The summed E-state index contributed by atoms with van der Waals surface area (Å²) in [7, 11) is 0. The lowest BCUT2D eigenvalue weighted by atomic mass is 9.70. The molecule has 0 heterocycles. The molecule has 6 nitrogen and oxygen atoms in total. The Kier molecular flexibility index (Phi) is 5.63. The zero-order chi connectivity index (χ0) is 17.6. The van der Waals surface area contributed by atoms with E-state index in [4.69, 9.17) is 10.5 Å². The Morgan fingerprint density at radius 2 is 1.00 bits per heavy atom. The second-order valence-corrected chi connectivity index (χ2v) is 5.42. The van der Waals surface area contributed by atoms with E-state index in [0.717, 1.165) is 0 Å². The monoisotopic (exact) mass is 288 g/mol. The molecule has 0 aromatic rings. The Morgan fingerprint density at radius 1 is 0.591 bits per heavy atom. The van der Waals surface area contributed by atoms with E-state index in [1.54, 1.807) is 18.2 Å². The second kappa shape index (κ2) is 6.73. The molecule has 0 unspecified atom stereocenters. The highest BCUT2D eigenvalue weighted by molar-refractivity contribution is 5.57. The standard InChI is InChI=1S/C16H12N6/c1-15(2,10-22)13(8-20)14(9-21)16(3,4)12(7-19)11(5-17)6-18/h1-4H3/b14-13+. The predicted octanol–water partition coefficient (Wildman–Crippen LogP) is 2.77. The van der Waals surface area contributed by atoms with Gasteiger partial charge < -0.3 is 0 Å². The van der Waals surface area contributed by atoms with E-state index in [2.05, 4.69) is 0 Å². The smallest absolute Gasteiger partial charge is 0.144 e. The van der Waals surface area contributed by atoms with Crippen LogP contribution in [-0.4, -0.2) is 0 Å². The van der Waals surface area contributed by atoms with Crippen molar-refractivity contribution in [3.05, 3.63) is 22.3 Å². The first-order valence-electron chi connectivity index (χ1n) is 6.09. The quantitative estimate of drug-likeness (QED) is 0.730. The molecule has 106 valence electrons. The summed E-state index contributed by atoms with van der Waals surface area (Å²) in [6.07, 6.45) is 0. The molecule has 0 N–H and O–H groups in total. The first-order chi connectivity index (χ1) is 10.2. The highest BCUT2D eigenvalue weighted by Crippen LogP contribution is 2.41. The molecule has 0 aromatic heterocycles. The van der Waals surface area contributed by atoms with Crippen molar-refractivity contribution in [3.8, 4) is 36.4 Å². The molecule has 0 atom stereocenters. The summed E-state index contributed by atoms with van der Waals surface area (Å²) in [5.74, 6) is 0. The van der Waals surface area contributed by atoms with Gasteiger partial charge in [-0.1, -0.05) is 13.8 Å². The van der Waals surface area contributed by atoms with Gasteiger partial charge in [0.2, 0.25) is 0 Å². The minimum atomic E-state index is -1.34. The first-order valence-corrected chi connectivity index (χ1v) is 6.09. The van der Waals surface area contributed by atoms with Crippen LogP contribution in [0.1, 0.15) is 27.7 Å². The van der Waals surface area contributed by atoms with Crippen molar-refractivity contribution in [3.63, 3.8) is 0 Å². The fourth-order valence-electron chi connectivity index (χ4n) is 1.84. The van der Waals surface area contributed by atoms with Crippen LogP contribution in [0.25, 0.3) is 0 Å². The van der Waals surface area contributed by atoms with E-state index in [1.807, 2.05) is 18.2 Å². The number of nitriles is 6. The summed E-state index contributed by atoms with van der Waals surface area (Å²) in [4.78, 5) is 0. The van der Waals surface area contributed by atoms with Crippen LogP contribution >= 0.6 is 0 Å². The average molecular weight is 288 g/mol. The third-order valence-corrected chi connectivity index (χ3v) is 3.21. The summed E-state index contributed by atoms with van der Waals surface area (Å²) >= 11 is 0. The molecule has 0 amide bonds. The van der Waals surface area contributed by atoms with Gasteiger partial charge in [0.25, 0.3) is 0 Å². The van der Waals surface area contributed by atoms with Gasteiger partial charge in [0.1, 0.15) is 17.7 Å². The number of nitrogens with zero attached hydrogens (tertiary/aromatic N) is 6. The molecule has 0 aromatic carbocycles. The second-order valence-electron chi connectivity index (χ2n) is 5.42. The maximum absolute atomic E-state index is 9.43. The maximum Gasteiger partial charge on any atom is 0.144 e. The topological polar surface area (TPSA) is 143 Å². The van der Waals surface area contributed by atoms with Gasteiger partial charge in [-0.2, -0.15) is 31.6 Å². The van der Waals surface area contributed by atoms with Crippen molar-refractivity contribution in [1.29, 1.82) is 31.6 Å². The molecular formula is C16H12N6. The van der Waals surface area contributed by atoms with Gasteiger partial charge >= 0.3 is 0 Å². The van der Waals surface area contributed by atoms with E-state index < -0.39 is 16.4 Å². The highest BCUT2D eigenvalue weighted by atomic mass is 14.4. The average Bonchev–Trinajstić information content (AvgIpc) is 2.48. The Balaban J connectivity index is 6.88. The van der Waals surface area contributed by atoms with E-state index in [-0.39, 0.29) is 16.7 Å². The number of allylic oxidation sites excluding steroid dienone is 4. The minimum absolute atomic E-state index is 0.0921. The normalized spacial score (nSPS) is 11.2. The summed E-state index contributed by atoms with van der Waals surface area (Å²) in [6.45, 7) is 5.88. The van der Waals surface area contributed by atoms with Crippen molar-refractivity contribution < 1.29 is 0 Å². The zero-order valence-corrected chi connectivity index (χ0v) is 12.7. The fraction of sp³-hybridized carbons (Fsp3) is 0.375. The van der Waals surface area contributed by atoms with Crippen LogP contribution in [0.2, 0.25) is 0 Å². The molecule has 0 aliphatic carbocycles. The van der Waals surface area contributed by atoms with Crippen LogP contribution in [0.4, 0.5) is 0 Å². The fourth-order valence-corrected chi connectivity index (χ4v) is 1.84. The lowest BCUT2D eigenvalue weighted by Gasteiger charge is -2.27. The van der Waals surface area contributed by atoms with Crippen LogP contribution in [0.15, 0.2) is 22.3 Å². The Bertz CT molecular complexity index is 780. The van der Waals surface area contributed by atoms with Crippen molar-refractivity contribution in [2.24, 2.45) is 10.8 Å². The third kappa shape index (κ3) is 3.11. The van der Waals surface area contributed by atoms with Crippen molar-refractivity contribution >= 4 is 0 Å². The molecule has 0 fully saturated rings. The summed E-state index contributed by atoms with van der Waals surface area (Å²) in [5.41, 5.74) is -3.42. The van der Waals surface area contributed by atoms with Crippen LogP contribution < -0.4 is 0 Å². The molecule has 0 saturated carbocycles. The SMILES string of the molecule is CC(C)(C#N)/C(C#N)=C(\C#N)C(C)(C)C(C#N)=C(C#N)C#N. The molecule has 0 aliphatic rings. The Labute approximate surface area is 129 Å². The van der Waals surface area contributed by atoms with E-state index in [1.165, 1.54) is 27.7 Å². The molecule has 0 rings (SSSR count). The molecule has 0 saturated heterocycles. The number of hydrogen-bond donors (Lipinski definition) is 0. The Hall–Kier alpha value is -3.58. The lowest BCUT2D eigenvalue weighted by molar-refractivity contribution is 0.532. The van der Waals surface area contributed by atoms with E-state index in [0.29, 0.717) is 0 Å². The molecule has 0 bridgehead atoms. The van der Waals surface area contributed by atoms with Crippen LogP contribution in [-0.2, 0) is 0 Å². The van der Waals surface area contributed by atoms with E-state index >= 15 is 0 Å². The van der Waals surface area contributed by atoms with Crippen LogP contribution in [0.3, 0.4) is 0 Å². The molecule has 22 heavy (non-hydrogen) atoms. The molecule has 6 heteroatoms. The van der Waals surface area contributed by atoms with E-state index in [9.17, 15) is 21.0 Å². The van der Waals surface area contributed by atoms with Gasteiger partial charge in [-0.25, -0.2) is 0 Å². The summed E-state index contributed by atoms with van der Waals surface area (Å²) < 4.78 is 0. The Morgan fingerprint density at radius 3 is 1.27 bits per heavy atom. The number of hydrogen-bond acceptors (Lipinski definition) is 6. The van der Waals surface area contributed by atoms with Gasteiger partial charge in [-0.15, -0.1) is 0 Å². The van der Waals surface area contributed by atoms with Gasteiger partial charge in [0, 0.05) is 5.41 Å². The van der Waals surface area contributed by atoms with Gasteiger partial charge in [-0.3, -0.25) is 0 Å². The van der Waals surface area contributed by atoms with Gasteiger partial charge in [-0.05, 0) is 13.8 Å². The largest absolute Gasteiger partial charge is 0.197 e. The zero-order valence-electron chi connectivity index (χ0n) is 12.7. The van der Waals surface area contributed by atoms with Crippen molar-refractivity contribution in [2.75, 3.05) is 0 Å². The van der Waals surface area contributed by atoms with Crippen molar-refractivity contribution in [1.82, 2.24) is 0 Å². The number of rotatable bonds is 3. The third-order valence-electron chi connectivity index (χ3n) is 3.21. The first kappa shape index (κ1) is 18.4. The predicted molar refractivity (Wildman–Crippen MR) is 75.3 cm³/mol. The molecule has 0 aliphatic heterocycles. The minimum Gasteiger partial charge on any atom is -0.197 e. The lowest BCUT2D eigenvalue weighted by Crippen LogP contribution is -2.24. The highest BCUT2D eigenvalue weighted by Gasteiger charge is 2.38. The molecular weight excluding hydrogens is 276 g/mol.